The van der Waals surface area contributed by atoms with E-state index in [1.165, 1.54) is 19.4 Å². The number of ether oxygens (including phenoxy) is 1. The molecule has 2 saturated heterocycles. The molecule has 0 bridgehead atoms. The summed E-state index contributed by atoms with van der Waals surface area (Å²) in [6.07, 6.45) is 8.90. The number of carbonyl (C=O) groups is 1. The zero-order chi connectivity index (χ0) is 29.0. The van der Waals surface area contributed by atoms with Crippen molar-refractivity contribution in [1.29, 1.82) is 0 Å². The number of hydrogen-bond donors (Lipinski definition) is 2. The van der Waals surface area contributed by atoms with Crippen LogP contribution >= 0.6 is 0 Å². The van der Waals surface area contributed by atoms with Crippen LogP contribution in [-0.4, -0.2) is 60.7 Å². The molecule has 0 radical (unpaired) electrons. The van der Waals surface area contributed by atoms with Gasteiger partial charge in [0.25, 0.3) is 0 Å². The van der Waals surface area contributed by atoms with Crippen LogP contribution in [0.25, 0.3) is 10.9 Å². The number of aromatic nitrogens is 2. The number of carboxylic acid groups (broad SMARTS) is 1. The van der Waals surface area contributed by atoms with Crippen LogP contribution in [0.5, 0.6) is 5.75 Å². The smallest absolute Gasteiger partial charge is 1.00 e. The van der Waals surface area contributed by atoms with Gasteiger partial charge in [0.05, 0.1) is 18.0 Å². The number of carboxylic acids is 1. The fraction of sp³-hybridized carbons (Fsp3) is 0.423. The maximum atomic E-state index is 15.3. The molecular formula is C26H29BClCuF5N4O4-. The fourth-order valence-corrected chi connectivity index (χ4v) is 5.27. The molecule has 1 saturated carbocycles. The normalized spacial score (nSPS) is 19.1. The molecule has 3 aromatic rings. The van der Waals surface area contributed by atoms with Gasteiger partial charge in [-0.1, -0.05) is 6.07 Å². The first-order valence-corrected chi connectivity index (χ1v) is 12.9. The molecule has 8 nitrogen and oxygen atoms in total. The molecule has 3 aliphatic rings. The summed E-state index contributed by atoms with van der Waals surface area (Å²) in [6.45, 7) is 2.40. The van der Waals surface area contributed by atoms with Crippen molar-refractivity contribution in [1.82, 2.24) is 14.9 Å². The van der Waals surface area contributed by atoms with Gasteiger partial charge >= 0.3 is 30.3 Å². The minimum Gasteiger partial charge on any atom is -1.00 e. The number of piperidine rings is 1. The van der Waals surface area contributed by atoms with Crippen LogP contribution in [0, 0.1) is 11.7 Å². The van der Waals surface area contributed by atoms with Crippen molar-refractivity contribution in [2.45, 2.75) is 37.8 Å². The van der Waals surface area contributed by atoms with Crippen LogP contribution in [0.2, 0.25) is 0 Å². The Morgan fingerprint density at radius 2 is 1.76 bits per heavy atom. The molecule has 0 unspecified atom stereocenters. The van der Waals surface area contributed by atoms with Gasteiger partial charge in [-0.15, -0.1) is 0 Å². The number of rotatable bonds is 4. The molecule has 1 aromatic carbocycles. The van der Waals surface area contributed by atoms with Crippen LogP contribution in [0.4, 0.5) is 27.3 Å². The zero-order valence-corrected chi connectivity index (χ0v) is 24.1. The first-order valence-electron chi connectivity index (χ1n) is 12.9. The number of aromatic carboxylic acids is 1. The van der Waals surface area contributed by atoms with Crippen molar-refractivity contribution >= 4 is 29.8 Å². The van der Waals surface area contributed by atoms with Crippen LogP contribution in [0.1, 0.15) is 42.1 Å². The molecule has 2 N–H and O–H groups in total. The molecule has 2 atom stereocenters. The molecule has 0 amide bonds. The molecule has 16 heteroatoms. The van der Waals surface area contributed by atoms with Gasteiger partial charge in [-0.2, -0.15) is 0 Å². The standard InChI is InChI=1S/C21H24FN3O4.C5H5N.BF4.ClH.Cu/c1-29-20-17-13(19(26)14(21(27)28)9-25(17)12-4-5-12)7-15(22)18(20)24-8-11-3-2-6-23-16(11)10-24;1-2-4-6-5-3-1;2-1(3,4)5;;/h7,9,11-12,16,23H,2-6,8,10H2,1H3,(H,27,28);1-5H;;1H;/q;;-1;;+1/p-1/t11-,16+;;;;/m1..../s1. The molecule has 1 aliphatic carbocycles. The van der Waals surface area contributed by atoms with Crippen molar-refractivity contribution in [3.8, 4) is 5.75 Å². The second kappa shape index (κ2) is 15.0. The van der Waals surface area contributed by atoms with Crippen molar-refractivity contribution in [2.24, 2.45) is 5.92 Å². The van der Waals surface area contributed by atoms with Crippen LogP contribution < -0.4 is 32.8 Å². The van der Waals surface area contributed by atoms with E-state index in [-0.39, 0.29) is 46.5 Å². The largest absolute Gasteiger partial charge is 1.00 e. The quantitative estimate of drug-likeness (QED) is 0.324. The number of fused-ring (bicyclic) bond motifs is 2. The van der Waals surface area contributed by atoms with Crippen molar-refractivity contribution < 1.29 is 65.8 Å². The van der Waals surface area contributed by atoms with Gasteiger partial charge in [0, 0.05) is 43.8 Å². The van der Waals surface area contributed by atoms with E-state index < -0.39 is 24.5 Å². The minimum absolute atomic E-state index is 0. The Kier molecular flexibility index (Phi) is 12.7. The number of hydrogen-bond acceptors (Lipinski definition) is 6. The van der Waals surface area contributed by atoms with Gasteiger partial charge < -0.3 is 54.3 Å². The summed E-state index contributed by atoms with van der Waals surface area (Å²) < 4.78 is 61.8. The summed E-state index contributed by atoms with van der Waals surface area (Å²) in [5.41, 5.74) is -0.155. The second-order valence-electron chi connectivity index (χ2n) is 9.84. The Morgan fingerprint density at radius 1 is 1.12 bits per heavy atom. The van der Waals surface area contributed by atoms with E-state index in [4.69, 9.17) is 4.74 Å². The van der Waals surface area contributed by atoms with Crippen LogP contribution in [0.3, 0.4) is 0 Å². The maximum Gasteiger partial charge on any atom is 1.00 e. The predicted octanol–water partition coefficient (Wildman–Crippen LogP) is 1.75. The van der Waals surface area contributed by atoms with Gasteiger partial charge in [-0.25, -0.2) is 9.18 Å². The number of anilines is 1. The monoisotopic (exact) mass is 665 g/mol. The molecule has 6 rings (SSSR count). The van der Waals surface area contributed by atoms with E-state index in [9.17, 15) is 32.0 Å². The summed E-state index contributed by atoms with van der Waals surface area (Å²) in [5, 5.41) is 13.0. The minimum atomic E-state index is -6.00. The average molecular weight is 666 g/mol. The summed E-state index contributed by atoms with van der Waals surface area (Å²) in [4.78, 5) is 30.1. The Balaban J connectivity index is 0.000000403. The third kappa shape index (κ3) is 8.59. The molecular weight excluding hydrogens is 637 g/mol. The predicted molar refractivity (Wildman–Crippen MR) is 141 cm³/mol. The van der Waals surface area contributed by atoms with Crippen molar-refractivity contribution in [3.63, 3.8) is 0 Å². The van der Waals surface area contributed by atoms with E-state index >= 15 is 4.39 Å². The number of methoxy groups -OCH3 is 1. The number of nitrogens with one attached hydrogen (secondary N) is 1. The number of benzene rings is 1. The number of halogens is 6. The topological polar surface area (TPSA) is 96.7 Å². The van der Waals surface area contributed by atoms with E-state index in [2.05, 4.69) is 10.3 Å². The Bertz CT molecular complexity index is 1370. The van der Waals surface area contributed by atoms with Gasteiger partial charge in [0.15, 0.2) is 11.6 Å². The zero-order valence-electron chi connectivity index (χ0n) is 22.4. The van der Waals surface area contributed by atoms with E-state index in [1.807, 2.05) is 23.1 Å². The molecule has 42 heavy (non-hydrogen) atoms. The number of nitrogens with zero attached hydrogens (tertiary/aromatic N) is 3. The third-order valence-corrected chi connectivity index (χ3v) is 7.05. The average Bonchev–Trinajstić information content (AvgIpc) is 3.66. The summed E-state index contributed by atoms with van der Waals surface area (Å²) in [7, 11) is -4.52. The van der Waals surface area contributed by atoms with E-state index in [1.54, 1.807) is 17.0 Å². The Labute approximate surface area is 255 Å². The van der Waals surface area contributed by atoms with Crippen LogP contribution in [0.15, 0.2) is 47.7 Å². The Morgan fingerprint density at radius 3 is 2.24 bits per heavy atom. The fourth-order valence-electron chi connectivity index (χ4n) is 5.27. The van der Waals surface area contributed by atoms with Crippen LogP contribution in [-0.2, 0) is 17.1 Å². The summed E-state index contributed by atoms with van der Waals surface area (Å²) in [6, 6.07) is 7.33. The van der Waals surface area contributed by atoms with Crippen molar-refractivity contribution in [2.75, 3.05) is 31.6 Å². The molecule has 2 aliphatic heterocycles. The first-order chi connectivity index (χ1) is 19.0. The third-order valence-electron chi connectivity index (χ3n) is 7.05. The van der Waals surface area contributed by atoms with Gasteiger partial charge in [-0.05, 0) is 56.3 Å². The molecule has 2 aromatic heterocycles. The molecule has 4 heterocycles. The summed E-state index contributed by atoms with van der Waals surface area (Å²) >= 11 is 0. The first kappa shape index (κ1) is 35.3. The molecule has 234 valence electrons. The van der Waals surface area contributed by atoms with Gasteiger partial charge in [0.1, 0.15) is 11.3 Å². The summed E-state index contributed by atoms with van der Waals surface area (Å²) in [5.74, 6) is -1.07. The Hall–Kier alpha value is -2.87. The van der Waals surface area contributed by atoms with E-state index in [0.717, 1.165) is 38.8 Å². The van der Waals surface area contributed by atoms with Crippen molar-refractivity contribution in [3.05, 3.63) is 64.5 Å². The van der Waals surface area contributed by atoms with Gasteiger partial charge in [-0.3, -0.25) is 9.78 Å². The molecule has 3 fully saturated rings. The van der Waals surface area contributed by atoms with E-state index in [0.29, 0.717) is 35.5 Å². The number of pyridine rings is 2. The SMILES string of the molecule is COc1c(N2C[C@H]3CCCN[C@H]3C2)c(F)cc2c(=O)c(C(=O)O)cn(C3CC3)c12.F[B-](F)(F)F.[Cl-].[Cu+].c1ccncc1. The molecule has 0 spiro atoms. The maximum absolute atomic E-state index is 15.3. The van der Waals surface area contributed by atoms with Gasteiger partial charge in [0.2, 0.25) is 5.43 Å². The second-order valence-corrected chi connectivity index (χ2v) is 9.84.